The van der Waals surface area contributed by atoms with Crippen molar-refractivity contribution in [3.8, 4) is 0 Å². The highest BCUT2D eigenvalue weighted by atomic mass is 32.2. The highest BCUT2D eigenvalue weighted by molar-refractivity contribution is 7.99. The lowest BCUT2D eigenvalue weighted by Crippen LogP contribution is -2.09. The van der Waals surface area contributed by atoms with Crippen LogP contribution < -0.4 is 5.56 Å². The molecule has 0 atom stereocenters. The molecule has 0 bridgehead atoms. The molecule has 2 aromatic heterocycles. The largest absolute Gasteiger partial charge is 0.301 e. The molecule has 0 saturated heterocycles. The van der Waals surface area contributed by atoms with E-state index in [1.165, 1.54) is 29.2 Å². The maximum Gasteiger partial charge on any atom is 0.251 e. The van der Waals surface area contributed by atoms with Gasteiger partial charge in [-0.15, -0.1) is 11.3 Å². The standard InChI is InChI=1S/C12H12N2O2S2/c1-2-3-8-4-11(16)14-12(13-8)18-10-5-9(6-15)17-7-10/h4-7H,2-3H2,1H3,(H,13,14,16). The average Bonchev–Trinajstić information content (AvgIpc) is 2.76. The number of hydrogen-bond acceptors (Lipinski definition) is 5. The second-order valence-corrected chi connectivity index (χ2v) is 5.70. The van der Waals surface area contributed by atoms with Gasteiger partial charge in [-0.3, -0.25) is 9.59 Å². The Bertz CT molecular complexity index is 604. The molecule has 0 aliphatic rings. The van der Waals surface area contributed by atoms with Crippen LogP contribution in [0.4, 0.5) is 0 Å². The monoisotopic (exact) mass is 280 g/mol. The molecule has 1 N–H and O–H groups in total. The number of aryl methyl sites for hydroxylation is 1. The predicted molar refractivity (Wildman–Crippen MR) is 72.7 cm³/mol. The molecule has 2 aromatic rings. The summed E-state index contributed by atoms with van der Waals surface area (Å²) >= 11 is 2.74. The van der Waals surface area contributed by atoms with Gasteiger partial charge in [-0.05, 0) is 12.5 Å². The third kappa shape index (κ3) is 3.30. The number of nitrogens with zero attached hydrogens (tertiary/aromatic N) is 1. The Morgan fingerprint density at radius 2 is 2.33 bits per heavy atom. The van der Waals surface area contributed by atoms with E-state index in [2.05, 4.69) is 9.97 Å². The first-order chi connectivity index (χ1) is 8.71. The molecule has 0 aliphatic carbocycles. The van der Waals surface area contributed by atoms with Gasteiger partial charge < -0.3 is 4.98 Å². The van der Waals surface area contributed by atoms with Gasteiger partial charge in [-0.25, -0.2) is 4.98 Å². The Morgan fingerprint density at radius 1 is 1.50 bits per heavy atom. The fourth-order valence-electron chi connectivity index (χ4n) is 1.48. The number of aromatic nitrogens is 2. The van der Waals surface area contributed by atoms with Gasteiger partial charge in [0.2, 0.25) is 0 Å². The van der Waals surface area contributed by atoms with E-state index in [0.29, 0.717) is 10.0 Å². The Kier molecular flexibility index (Phi) is 4.33. The van der Waals surface area contributed by atoms with Crippen LogP contribution in [0.15, 0.2) is 32.4 Å². The molecule has 0 aromatic carbocycles. The minimum absolute atomic E-state index is 0.137. The molecular weight excluding hydrogens is 268 g/mol. The van der Waals surface area contributed by atoms with Crippen molar-refractivity contribution in [1.82, 2.24) is 9.97 Å². The first kappa shape index (κ1) is 13.0. The van der Waals surface area contributed by atoms with Gasteiger partial charge in [0.05, 0.1) is 4.88 Å². The Hall–Kier alpha value is -1.40. The Morgan fingerprint density at radius 3 is 3.00 bits per heavy atom. The Labute approximate surface area is 112 Å². The van der Waals surface area contributed by atoms with Crippen molar-refractivity contribution in [3.63, 3.8) is 0 Å². The summed E-state index contributed by atoms with van der Waals surface area (Å²) in [5.74, 6) is 0. The lowest BCUT2D eigenvalue weighted by molar-refractivity contribution is 0.112. The van der Waals surface area contributed by atoms with Crippen LogP contribution >= 0.6 is 23.1 Å². The molecule has 0 saturated carbocycles. The van der Waals surface area contributed by atoms with Gasteiger partial charge in [0, 0.05) is 22.0 Å². The maximum absolute atomic E-state index is 11.5. The minimum atomic E-state index is -0.137. The predicted octanol–water partition coefficient (Wildman–Crippen LogP) is 2.75. The second-order valence-electron chi connectivity index (χ2n) is 3.70. The summed E-state index contributed by atoms with van der Waals surface area (Å²) in [5.41, 5.74) is 0.663. The lowest BCUT2D eigenvalue weighted by atomic mass is 10.2. The van der Waals surface area contributed by atoms with Crippen molar-refractivity contribution >= 4 is 29.4 Å². The van der Waals surface area contributed by atoms with Crippen LogP contribution in [-0.2, 0) is 6.42 Å². The molecule has 2 heterocycles. The summed E-state index contributed by atoms with van der Waals surface area (Å²) in [7, 11) is 0. The van der Waals surface area contributed by atoms with Gasteiger partial charge in [-0.1, -0.05) is 25.1 Å². The summed E-state index contributed by atoms with van der Waals surface area (Å²) in [5, 5.41) is 2.45. The smallest absolute Gasteiger partial charge is 0.251 e. The molecule has 0 aliphatic heterocycles. The van der Waals surface area contributed by atoms with Crippen molar-refractivity contribution in [1.29, 1.82) is 0 Å². The highest BCUT2D eigenvalue weighted by Gasteiger charge is 2.05. The number of carbonyl (C=O) groups excluding carboxylic acids is 1. The van der Waals surface area contributed by atoms with Crippen molar-refractivity contribution in [2.45, 2.75) is 29.8 Å². The number of hydrogen-bond donors (Lipinski definition) is 1. The van der Waals surface area contributed by atoms with Crippen molar-refractivity contribution in [3.05, 3.63) is 38.4 Å². The third-order valence-corrected chi connectivity index (χ3v) is 4.07. The molecule has 2 rings (SSSR count). The molecule has 0 radical (unpaired) electrons. The maximum atomic E-state index is 11.5. The van der Waals surface area contributed by atoms with Gasteiger partial charge >= 0.3 is 0 Å². The summed E-state index contributed by atoms with van der Waals surface area (Å²) in [6, 6.07) is 3.31. The summed E-state index contributed by atoms with van der Waals surface area (Å²) in [6.07, 6.45) is 2.56. The van der Waals surface area contributed by atoms with E-state index >= 15 is 0 Å². The highest BCUT2D eigenvalue weighted by Crippen LogP contribution is 2.28. The fraction of sp³-hybridized carbons (Fsp3) is 0.250. The van der Waals surface area contributed by atoms with Crippen LogP contribution in [0.5, 0.6) is 0 Å². The number of H-pyrrole nitrogens is 1. The molecule has 18 heavy (non-hydrogen) atoms. The van der Waals surface area contributed by atoms with Crippen molar-refractivity contribution in [2.24, 2.45) is 0 Å². The van der Waals surface area contributed by atoms with Crippen LogP contribution in [0.2, 0.25) is 0 Å². The topological polar surface area (TPSA) is 62.8 Å². The number of aromatic amines is 1. The van der Waals surface area contributed by atoms with Gasteiger partial charge in [0.15, 0.2) is 11.4 Å². The zero-order valence-electron chi connectivity index (χ0n) is 9.80. The zero-order chi connectivity index (χ0) is 13.0. The number of thiophene rings is 1. The van der Waals surface area contributed by atoms with Crippen LogP contribution in [0.1, 0.15) is 28.7 Å². The quantitative estimate of drug-likeness (QED) is 0.675. The van der Waals surface area contributed by atoms with E-state index in [1.807, 2.05) is 12.3 Å². The molecule has 6 heteroatoms. The number of aldehydes is 1. The summed E-state index contributed by atoms with van der Waals surface area (Å²) < 4.78 is 0. The van der Waals surface area contributed by atoms with E-state index < -0.39 is 0 Å². The second kappa shape index (κ2) is 5.97. The molecule has 94 valence electrons. The van der Waals surface area contributed by atoms with E-state index in [1.54, 1.807) is 6.07 Å². The van der Waals surface area contributed by atoms with Crippen LogP contribution in [0.25, 0.3) is 0 Å². The first-order valence-corrected chi connectivity index (χ1v) is 7.22. The van der Waals surface area contributed by atoms with Gasteiger partial charge in [-0.2, -0.15) is 0 Å². The van der Waals surface area contributed by atoms with Crippen molar-refractivity contribution in [2.75, 3.05) is 0 Å². The normalized spacial score (nSPS) is 10.5. The number of carbonyl (C=O) groups is 1. The average molecular weight is 280 g/mol. The summed E-state index contributed by atoms with van der Waals surface area (Å²) in [6.45, 7) is 2.05. The Balaban J connectivity index is 2.22. The number of nitrogens with one attached hydrogen (secondary N) is 1. The first-order valence-electron chi connectivity index (χ1n) is 5.53. The zero-order valence-corrected chi connectivity index (χ0v) is 11.4. The SMILES string of the molecule is CCCc1cc(=O)[nH]c(Sc2csc(C=O)c2)n1. The molecule has 0 spiro atoms. The van der Waals surface area contributed by atoms with Gasteiger partial charge in [0.1, 0.15) is 0 Å². The van der Waals surface area contributed by atoms with Crippen LogP contribution in [0, 0.1) is 0 Å². The minimum Gasteiger partial charge on any atom is -0.301 e. The van der Waals surface area contributed by atoms with Gasteiger partial charge in [0.25, 0.3) is 5.56 Å². The molecule has 0 fully saturated rings. The van der Waals surface area contributed by atoms with Crippen LogP contribution in [0.3, 0.4) is 0 Å². The lowest BCUT2D eigenvalue weighted by Gasteiger charge is -2.01. The van der Waals surface area contributed by atoms with E-state index in [4.69, 9.17) is 0 Å². The van der Waals surface area contributed by atoms with Crippen LogP contribution in [-0.4, -0.2) is 16.3 Å². The van der Waals surface area contributed by atoms with E-state index in [0.717, 1.165) is 29.7 Å². The van der Waals surface area contributed by atoms with E-state index in [-0.39, 0.29) is 5.56 Å². The molecule has 0 unspecified atom stereocenters. The van der Waals surface area contributed by atoms with Crippen molar-refractivity contribution < 1.29 is 4.79 Å². The molecule has 0 amide bonds. The molecule has 4 nitrogen and oxygen atoms in total. The molecular formula is C12H12N2O2S2. The number of rotatable bonds is 5. The summed E-state index contributed by atoms with van der Waals surface area (Å²) in [4.78, 5) is 30.7. The third-order valence-electron chi connectivity index (χ3n) is 2.21. The fourth-order valence-corrected chi connectivity index (χ4v) is 3.18. The van der Waals surface area contributed by atoms with E-state index in [9.17, 15) is 9.59 Å².